The molecule has 0 spiro atoms. The fraction of sp³-hybridized carbons (Fsp3) is 0.389. The van der Waals surface area contributed by atoms with E-state index in [2.05, 4.69) is 28.4 Å². The second kappa shape index (κ2) is 8.16. The maximum absolute atomic E-state index is 12.8. The summed E-state index contributed by atoms with van der Waals surface area (Å²) < 4.78 is 5.34. The lowest BCUT2D eigenvalue weighted by atomic mass is 10.0. The van der Waals surface area contributed by atoms with Crippen molar-refractivity contribution in [3.8, 4) is 11.3 Å². The molecule has 0 aliphatic heterocycles. The fourth-order valence-corrected chi connectivity index (χ4v) is 3.68. The van der Waals surface area contributed by atoms with Gasteiger partial charge in [0.25, 0.3) is 11.6 Å². The highest BCUT2D eigenvalue weighted by Crippen LogP contribution is 2.32. The molecule has 3 heterocycles. The number of thiophene rings is 1. The van der Waals surface area contributed by atoms with E-state index >= 15 is 0 Å². The number of carbonyl (C=O) groups is 1. The number of rotatable bonds is 5. The van der Waals surface area contributed by atoms with Crippen LogP contribution in [0.3, 0.4) is 0 Å². The highest BCUT2D eigenvalue weighted by atomic mass is 35.5. The number of nitrogens with two attached hydrogens (primary N) is 1. The molecule has 0 radical (unpaired) electrons. The Morgan fingerprint density at radius 3 is 2.69 bits per heavy atom. The van der Waals surface area contributed by atoms with Gasteiger partial charge in [-0.2, -0.15) is 0 Å². The van der Waals surface area contributed by atoms with E-state index in [1.165, 1.54) is 4.88 Å². The Morgan fingerprint density at radius 1 is 1.35 bits per heavy atom. The van der Waals surface area contributed by atoms with Gasteiger partial charge < -0.3 is 15.6 Å². The average Bonchev–Trinajstić information content (AvgIpc) is 3.13. The summed E-state index contributed by atoms with van der Waals surface area (Å²) in [4.78, 5) is 19.7. The third kappa shape index (κ3) is 3.90. The minimum Gasteiger partial charge on any atom is -0.352 e. The number of nitrogens with one attached hydrogen (secondary N) is 1. The Morgan fingerprint density at radius 2 is 2.08 bits per heavy atom. The molecule has 3 aromatic rings. The van der Waals surface area contributed by atoms with Crippen LogP contribution >= 0.6 is 23.7 Å². The van der Waals surface area contributed by atoms with Crippen LogP contribution in [0.25, 0.3) is 22.4 Å². The van der Waals surface area contributed by atoms with Crippen LogP contribution in [0, 0.1) is 26.7 Å². The van der Waals surface area contributed by atoms with Gasteiger partial charge in [-0.05, 0) is 45.4 Å². The third-order valence-corrected chi connectivity index (χ3v) is 5.16. The highest BCUT2D eigenvalue weighted by Gasteiger charge is 2.20. The number of amides is 1. The smallest absolute Gasteiger partial charge is 0.259 e. The SMILES string of the molecule is Cc1cc(-c2cc(C(=O)NCC(C)CN)c3c(C)noc3n2)c(C)s1.Cl. The molecule has 0 aromatic carbocycles. The second-order valence-electron chi connectivity index (χ2n) is 6.38. The van der Waals surface area contributed by atoms with E-state index in [0.717, 1.165) is 16.1 Å². The van der Waals surface area contributed by atoms with Gasteiger partial charge in [-0.25, -0.2) is 4.98 Å². The molecule has 8 heteroatoms. The Labute approximate surface area is 162 Å². The number of aromatic nitrogens is 2. The summed E-state index contributed by atoms with van der Waals surface area (Å²) in [6.07, 6.45) is 0. The lowest BCUT2D eigenvalue weighted by Gasteiger charge is -2.11. The molecule has 26 heavy (non-hydrogen) atoms. The van der Waals surface area contributed by atoms with Crippen LogP contribution in [0.4, 0.5) is 0 Å². The van der Waals surface area contributed by atoms with Crippen molar-refractivity contribution >= 4 is 40.8 Å². The summed E-state index contributed by atoms with van der Waals surface area (Å²) in [7, 11) is 0. The van der Waals surface area contributed by atoms with E-state index in [1.54, 1.807) is 11.3 Å². The average molecular weight is 395 g/mol. The molecule has 0 aliphatic rings. The number of hydrogen-bond donors (Lipinski definition) is 2. The molecule has 0 bridgehead atoms. The van der Waals surface area contributed by atoms with Crippen molar-refractivity contribution < 1.29 is 9.32 Å². The van der Waals surface area contributed by atoms with Gasteiger partial charge in [0.1, 0.15) is 0 Å². The van der Waals surface area contributed by atoms with Gasteiger partial charge in [0.2, 0.25) is 0 Å². The molecule has 1 atom stereocenters. The first kappa shape index (κ1) is 20.4. The summed E-state index contributed by atoms with van der Waals surface area (Å²) in [5, 5.41) is 7.58. The van der Waals surface area contributed by atoms with Crippen LogP contribution in [0.1, 0.15) is 32.7 Å². The predicted octanol–water partition coefficient (Wildman–Crippen LogP) is 3.62. The summed E-state index contributed by atoms with van der Waals surface area (Å²) >= 11 is 1.71. The second-order valence-corrected chi connectivity index (χ2v) is 7.84. The highest BCUT2D eigenvalue weighted by molar-refractivity contribution is 7.12. The molecule has 6 nitrogen and oxygen atoms in total. The maximum atomic E-state index is 12.8. The van der Waals surface area contributed by atoms with E-state index in [4.69, 9.17) is 10.3 Å². The van der Waals surface area contributed by atoms with Gasteiger partial charge in [0.15, 0.2) is 0 Å². The number of halogens is 1. The van der Waals surface area contributed by atoms with Gasteiger partial charge in [-0.1, -0.05) is 12.1 Å². The molecule has 140 valence electrons. The van der Waals surface area contributed by atoms with E-state index in [-0.39, 0.29) is 24.2 Å². The van der Waals surface area contributed by atoms with Gasteiger partial charge in [-0.3, -0.25) is 4.79 Å². The van der Waals surface area contributed by atoms with E-state index < -0.39 is 0 Å². The standard InChI is InChI=1S/C18H22N4O2S.ClH/c1-9(7-19)8-20-17(23)14-6-15(13-5-10(2)25-12(13)4)21-18-16(14)11(3)22-24-18;/h5-6,9H,7-8,19H2,1-4H3,(H,20,23);1H. The van der Waals surface area contributed by atoms with Crippen molar-refractivity contribution in [2.75, 3.05) is 13.1 Å². The predicted molar refractivity (Wildman–Crippen MR) is 107 cm³/mol. The number of nitrogens with zero attached hydrogens (tertiary/aromatic N) is 2. The number of carbonyl (C=O) groups excluding carboxylic acids is 1. The fourth-order valence-electron chi connectivity index (χ4n) is 2.74. The van der Waals surface area contributed by atoms with Crippen LogP contribution in [0.2, 0.25) is 0 Å². The first-order valence-corrected chi connectivity index (χ1v) is 9.05. The molecule has 0 aliphatic carbocycles. The Bertz CT molecular complexity index is 935. The first-order chi connectivity index (χ1) is 11.9. The summed E-state index contributed by atoms with van der Waals surface area (Å²) in [6, 6.07) is 3.90. The number of aryl methyl sites for hydroxylation is 3. The molecule has 1 unspecified atom stereocenters. The molecular formula is C18H23ClN4O2S. The van der Waals surface area contributed by atoms with Crippen molar-refractivity contribution in [2.24, 2.45) is 11.7 Å². The van der Waals surface area contributed by atoms with E-state index in [0.29, 0.717) is 35.4 Å². The molecule has 0 saturated carbocycles. The molecule has 3 aromatic heterocycles. The molecule has 0 saturated heterocycles. The van der Waals surface area contributed by atoms with Crippen molar-refractivity contribution in [3.05, 3.63) is 33.1 Å². The normalized spacial score (nSPS) is 12.0. The topological polar surface area (TPSA) is 94.0 Å². The zero-order valence-electron chi connectivity index (χ0n) is 15.3. The molecule has 3 N–H and O–H groups in total. The maximum Gasteiger partial charge on any atom is 0.259 e. The van der Waals surface area contributed by atoms with Crippen molar-refractivity contribution in [2.45, 2.75) is 27.7 Å². The Hall–Kier alpha value is -1.96. The molecule has 1 amide bonds. The minimum atomic E-state index is -0.162. The van der Waals surface area contributed by atoms with Crippen LogP contribution < -0.4 is 11.1 Å². The van der Waals surface area contributed by atoms with E-state index in [9.17, 15) is 4.79 Å². The molecule has 0 fully saturated rings. The number of hydrogen-bond acceptors (Lipinski definition) is 6. The number of fused-ring (bicyclic) bond motifs is 1. The zero-order chi connectivity index (χ0) is 18.1. The minimum absolute atomic E-state index is 0. The van der Waals surface area contributed by atoms with E-state index in [1.807, 2.05) is 26.8 Å². The van der Waals surface area contributed by atoms with Crippen LogP contribution in [-0.2, 0) is 0 Å². The lowest BCUT2D eigenvalue weighted by Crippen LogP contribution is -2.31. The van der Waals surface area contributed by atoms with Gasteiger partial charge in [-0.15, -0.1) is 23.7 Å². The summed E-state index contributed by atoms with van der Waals surface area (Å²) in [5.41, 5.74) is 8.94. The van der Waals surface area contributed by atoms with Crippen LogP contribution in [-0.4, -0.2) is 29.1 Å². The van der Waals surface area contributed by atoms with Gasteiger partial charge >= 0.3 is 0 Å². The van der Waals surface area contributed by atoms with Crippen molar-refractivity contribution in [1.82, 2.24) is 15.5 Å². The van der Waals surface area contributed by atoms with Crippen molar-refractivity contribution in [1.29, 1.82) is 0 Å². The van der Waals surface area contributed by atoms with Crippen LogP contribution in [0.5, 0.6) is 0 Å². The van der Waals surface area contributed by atoms with Gasteiger partial charge in [0.05, 0.1) is 22.3 Å². The first-order valence-electron chi connectivity index (χ1n) is 8.23. The summed E-state index contributed by atoms with van der Waals surface area (Å²) in [5.74, 6) is 0.0518. The van der Waals surface area contributed by atoms with Gasteiger partial charge in [0, 0.05) is 21.9 Å². The largest absolute Gasteiger partial charge is 0.352 e. The van der Waals surface area contributed by atoms with Crippen LogP contribution in [0.15, 0.2) is 16.7 Å². The third-order valence-electron chi connectivity index (χ3n) is 4.19. The zero-order valence-corrected chi connectivity index (χ0v) is 16.9. The Kier molecular flexibility index (Phi) is 6.39. The number of pyridine rings is 1. The molecule has 3 rings (SSSR count). The monoisotopic (exact) mass is 394 g/mol. The lowest BCUT2D eigenvalue weighted by molar-refractivity contribution is 0.0950. The Balaban J connectivity index is 0.00000243. The summed E-state index contributed by atoms with van der Waals surface area (Å²) in [6.45, 7) is 8.96. The quantitative estimate of drug-likeness (QED) is 0.689. The van der Waals surface area contributed by atoms with Crippen molar-refractivity contribution in [3.63, 3.8) is 0 Å². The molecular weight excluding hydrogens is 372 g/mol.